The minimum absolute atomic E-state index is 0.199. The number of aromatic nitrogens is 2. The zero-order valence-electron chi connectivity index (χ0n) is 13.6. The summed E-state index contributed by atoms with van der Waals surface area (Å²) in [6.45, 7) is 0.491. The summed E-state index contributed by atoms with van der Waals surface area (Å²) in [4.78, 5) is 24.4. The van der Waals surface area contributed by atoms with Crippen molar-refractivity contribution in [2.75, 3.05) is 13.7 Å². The maximum atomic E-state index is 12.1. The van der Waals surface area contributed by atoms with Crippen LogP contribution < -0.4 is 5.32 Å². The summed E-state index contributed by atoms with van der Waals surface area (Å²) in [6.07, 6.45) is 4.41. The van der Waals surface area contributed by atoms with Gasteiger partial charge in [0.2, 0.25) is 0 Å². The van der Waals surface area contributed by atoms with Gasteiger partial charge in [0.15, 0.2) is 0 Å². The molecule has 1 amide bonds. The number of amides is 1. The van der Waals surface area contributed by atoms with Crippen molar-refractivity contribution in [1.29, 1.82) is 0 Å². The molecule has 0 aliphatic heterocycles. The number of hydrogen-bond donors (Lipinski definition) is 1. The quantitative estimate of drug-likeness (QED) is 0.690. The Labute approximate surface area is 149 Å². The monoisotopic (exact) mass is 355 g/mol. The average Bonchev–Trinajstić information content (AvgIpc) is 3.31. The molecule has 3 aromatic rings. The van der Waals surface area contributed by atoms with E-state index >= 15 is 0 Å². The van der Waals surface area contributed by atoms with Crippen LogP contribution in [0.5, 0.6) is 0 Å². The van der Waals surface area contributed by atoms with Crippen molar-refractivity contribution in [3.8, 4) is 5.69 Å². The molecule has 1 aromatic carbocycles. The predicted molar refractivity (Wildman–Crippen MR) is 95.3 cm³/mol. The van der Waals surface area contributed by atoms with Crippen LogP contribution in [-0.2, 0) is 11.2 Å². The number of benzene rings is 1. The van der Waals surface area contributed by atoms with Gasteiger partial charge in [0.05, 0.1) is 23.9 Å². The first kappa shape index (κ1) is 16.9. The molecule has 3 rings (SSSR count). The van der Waals surface area contributed by atoms with Gasteiger partial charge >= 0.3 is 5.97 Å². The number of hydrogen-bond acceptors (Lipinski definition) is 5. The summed E-state index contributed by atoms with van der Waals surface area (Å²) in [5, 5.41) is 7.18. The zero-order chi connectivity index (χ0) is 17.6. The van der Waals surface area contributed by atoms with Gasteiger partial charge in [-0.15, -0.1) is 11.3 Å². The Balaban J connectivity index is 1.53. The number of carbonyl (C=O) groups excluding carboxylic acids is 2. The van der Waals surface area contributed by atoms with Crippen LogP contribution >= 0.6 is 11.3 Å². The highest BCUT2D eigenvalue weighted by molar-refractivity contribution is 7.15. The number of methoxy groups -OCH3 is 1. The number of rotatable bonds is 6. The van der Waals surface area contributed by atoms with Gasteiger partial charge in [-0.2, -0.15) is 5.10 Å². The minimum atomic E-state index is -0.433. The van der Waals surface area contributed by atoms with Gasteiger partial charge in [0.1, 0.15) is 4.88 Å². The molecule has 128 valence electrons. The van der Waals surface area contributed by atoms with Gasteiger partial charge in [-0.25, -0.2) is 9.48 Å². The molecule has 0 aliphatic carbocycles. The fourth-order valence-corrected chi connectivity index (χ4v) is 3.13. The molecule has 0 bridgehead atoms. The second-order valence-electron chi connectivity index (χ2n) is 5.29. The van der Waals surface area contributed by atoms with Crippen LogP contribution in [0.1, 0.15) is 24.9 Å². The lowest BCUT2D eigenvalue weighted by atomic mass is 10.2. The van der Waals surface area contributed by atoms with E-state index in [2.05, 4.69) is 15.2 Å². The molecule has 25 heavy (non-hydrogen) atoms. The first-order valence-electron chi connectivity index (χ1n) is 7.72. The Morgan fingerprint density at radius 1 is 1.16 bits per heavy atom. The van der Waals surface area contributed by atoms with E-state index in [1.807, 2.05) is 36.5 Å². The lowest BCUT2D eigenvalue weighted by Crippen LogP contribution is -2.24. The Hall–Kier alpha value is -2.93. The summed E-state index contributed by atoms with van der Waals surface area (Å²) in [5.74, 6) is -0.631. The van der Waals surface area contributed by atoms with Gasteiger partial charge in [0, 0.05) is 12.7 Å². The number of carbonyl (C=O) groups is 2. The highest BCUT2D eigenvalue weighted by Crippen LogP contribution is 2.17. The normalized spacial score (nSPS) is 10.4. The fourth-order valence-electron chi connectivity index (χ4n) is 2.29. The van der Waals surface area contributed by atoms with Gasteiger partial charge in [0.25, 0.3) is 5.91 Å². The highest BCUT2D eigenvalue weighted by Gasteiger charge is 2.13. The number of nitrogens with zero attached hydrogens (tertiary/aromatic N) is 2. The van der Waals surface area contributed by atoms with Crippen molar-refractivity contribution >= 4 is 23.2 Å². The SMILES string of the molecule is COC(=O)c1ccc(C(=O)NCCc2cnn(-c3ccccc3)c2)s1. The maximum absolute atomic E-state index is 12.1. The molecule has 0 atom stereocenters. The van der Waals surface area contributed by atoms with Crippen molar-refractivity contribution in [3.05, 3.63) is 70.2 Å². The van der Waals surface area contributed by atoms with Crippen LogP contribution in [0, 0.1) is 0 Å². The molecular weight excluding hydrogens is 338 g/mol. The van der Waals surface area contributed by atoms with E-state index in [0.29, 0.717) is 22.7 Å². The van der Waals surface area contributed by atoms with Crippen LogP contribution in [0.2, 0.25) is 0 Å². The third kappa shape index (κ3) is 4.13. The van der Waals surface area contributed by atoms with Gasteiger partial charge in [-0.05, 0) is 36.2 Å². The average molecular weight is 355 g/mol. The summed E-state index contributed by atoms with van der Waals surface area (Å²) in [7, 11) is 1.32. The Bertz CT molecular complexity index is 871. The number of thiophene rings is 1. The minimum Gasteiger partial charge on any atom is -0.465 e. The first-order valence-corrected chi connectivity index (χ1v) is 8.54. The Morgan fingerprint density at radius 2 is 1.92 bits per heavy atom. The molecule has 0 saturated heterocycles. The van der Waals surface area contributed by atoms with Crippen LogP contribution in [0.25, 0.3) is 5.69 Å². The summed E-state index contributed by atoms with van der Waals surface area (Å²) < 4.78 is 6.44. The summed E-state index contributed by atoms with van der Waals surface area (Å²) >= 11 is 1.12. The molecule has 0 radical (unpaired) electrons. The Kier molecular flexibility index (Phi) is 5.25. The van der Waals surface area contributed by atoms with Crippen LogP contribution in [0.3, 0.4) is 0 Å². The van der Waals surface area contributed by atoms with Crippen LogP contribution in [0.15, 0.2) is 54.9 Å². The van der Waals surface area contributed by atoms with Crippen molar-refractivity contribution in [2.24, 2.45) is 0 Å². The molecule has 7 heteroatoms. The van der Waals surface area contributed by atoms with Crippen molar-refractivity contribution in [3.63, 3.8) is 0 Å². The molecule has 1 N–H and O–H groups in total. The molecule has 2 aromatic heterocycles. The fraction of sp³-hybridized carbons (Fsp3) is 0.167. The molecule has 2 heterocycles. The topological polar surface area (TPSA) is 73.2 Å². The summed E-state index contributed by atoms with van der Waals surface area (Å²) in [6, 6.07) is 13.1. The first-order chi connectivity index (χ1) is 12.2. The van der Waals surface area contributed by atoms with E-state index in [-0.39, 0.29) is 5.91 Å². The number of ether oxygens (including phenoxy) is 1. The molecule has 0 spiro atoms. The van der Waals surface area contributed by atoms with E-state index in [4.69, 9.17) is 0 Å². The predicted octanol–water partition coefficient (Wildman–Crippen LogP) is 2.69. The molecular formula is C18H17N3O3S. The third-order valence-electron chi connectivity index (χ3n) is 3.57. The van der Waals surface area contributed by atoms with E-state index in [1.165, 1.54) is 7.11 Å². The van der Waals surface area contributed by atoms with Gasteiger partial charge in [-0.1, -0.05) is 18.2 Å². The molecule has 0 fully saturated rings. The van der Waals surface area contributed by atoms with E-state index in [0.717, 1.165) is 22.6 Å². The van der Waals surface area contributed by atoms with E-state index in [1.54, 1.807) is 23.0 Å². The van der Waals surface area contributed by atoms with Crippen LogP contribution in [0.4, 0.5) is 0 Å². The van der Waals surface area contributed by atoms with Crippen molar-refractivity contribution < 1.29 is 14.3 Å². The number of esters is 1. The van der Waals surface area contributed by atoms with Crippen molar-refractivity contribution in [2.45, 2.75) is 6.42 Å². The standard InChI is InChI=1S/C18H17N3O3S/c1-24-18(23)16-8-7-15(25-16)17(22)19-10-9-13-11-20-21(12-13)14-5-3-2-4-6-14/h2-8,11-12H,9-10H2,1H3,(H,19,22). The Morgan fingerprint density at radius 3 is 2.68 bits per heavy atom. The maximum Gasteiger partial charge on any atom is 0.348 e. The lowest BCUT2D eigenvalue weighted by Gasteiger charge is -2.02. The highest BCUT2D eigenvalue weighted by atomic mass is 32.1. The number of para-hydroxylation sites is 1. The second-order valence-corrected chi connectivity index (χ2v) is 6.37. The lowest BCUT2D eigenvalue weighted by molar-refractivity contribution is 0.0606. The van der Waals surface area contributed by atoms with Crippen LogP contribution in [-0.4, -0.2) is 35.3 Å². The molecule has 6 nitrogen and oxygen atoms in total. The third-order valence-corrected chi connectivity index (χ3v) is 4.64. The molecule has 0 aliphatic rings. The number of nitrogens with one attached hydrogen (secondary N) is 1. The summed E-state index contributed by atoms with van der Waals surface area (Å²) in [5.41, 5.74) is 2.03. The molecule has 0 saturated carbocycles. The van der Waals surface area contributed by atoms with Gasteiger partial charge < -0.3 is 10.1 Å². The zero-order valence-corrected chi connectivity index (χ0v) is 14.5. The van der Waals surface area contributed by atoms with Gasteiger partial charge in [-0.3, -0.25) is 4.79 Å². The smallest absolute Gasteiger partial charge is 0.348 e. The largest absolute Gasteiger partial charge is 0.465 e. The molecule has 0 unspecified atom stereocenters. The van der Waals surface area contributed by atoms with Crippen molar-refractivity contribution in [1.82, 2.24) is 15.1 Å². The van der Waals surface area contributed by atoms with E-state index in [9.17, 15) is 9.59 Å². The van der Waals surface area contributed by atoms with E-state index < -0.39 is 5.97 Å². The second kappa shape index (κ2) is 7.76.